The van der Waals surface area contributed by atoms with E-state index in [-0.39, 0.29) is 0 Å². The molecule has 1 atom stereocenters. The van der Waals surface area contributed by atoms with Gasteiger partial charge in [0.25, 0.3) is 0 Å². The van der Waals surface area contributed by atoms with Gasteiger partial charge in [-0.2, -0.15) is 0 Å². The molecule has 0 bridgehead atoms. The molecule has 1 saturated heterocycles. The minimum absolute atomic E-state index is 0.541. The molecular formula is C7H16OS2. The van der Waals surface area contributed by atoms with Gasteiger partial charge in [0.15, 0.2) is 0 Å². The second kappa shape index (κ2) is 7.61. The number of rotatable bonds is 0. The molecule has 0 aromatic carbocycles. The molecule has 0 radical (unpaired) electrons. The van der Waals surface area contributed by atoms with Gasteiger partial charge in [0, 0.05) is 11.5 Å². The Morgan fingerprint density at radius 2 is 1.90 bits per heavy atom. The van der Waals surface area contributed by atoms with Gasteiger partial charge < -0.3 is 0 Å². The highest BCUT2D eigenvalue weighted by atomic mass is 33.1. The fourth-order valence-electron chi connectivity index (χ4n) is 0.710. The molecule has 1 rings (SSSR count). The second-order valence-electron chi connectivity index (χ2n) is 1.89. The number of hydrogen-bond acceptors (Lipinski definition) is 2. The highest BCUT2D eigenvalue weighted by Crippen LogP contribution is 2.17. The molecule has 0 amide bonds. The Hall–Kier alpha value is 0.500. The zero-order chi connectivity index (χ0) is 7.82. The van der Waals surface area contributed by atoms with E-state index in [1.54, 1.807) is 10.8 Å². The molecular weight excluding hydrogens is 164 g/mol. The summed E-state index contributed by atoms with van der Waals surface area (Å²) in [5, 5.41) is 0. The van der Waals surface area contributed by atoms with Gasteiger partial charge in [-0.1, -0.05) is 31.1 Å². The summed E-state index contributed by atoms with van der Waals surface area (Å²) in [4.78, 5) is 0. The lowest BCUT2D eigenvalue weighted by Crippen LogP contribution is -1.86. The lowest BCUT2D eigenvalue weighted by Gasteiger charge is -1.88. The minimum atomic E-state index is -0.541. The quantitative estimate of drug-likeness (QED) is 0.533. The Bertz CT molecular complexity index is 83.6. The summed E-state index contributed by atoms with van der Waals surface area (Å²) < 4.78 is 10.8. The normalized spacial score (nSPS) is 26.0. The standard InChI is InChI=1S/C5H10OS2.C2H6/c6-8-5-3-1-2-4-7-8;1-2/h1-5H2;1-2H3. The van der Waals surface area contributed by atoms with Gasteiger partial charge >= 0.3 is 0 Å². The Labute approximate surface area is 69.8 Å². The molecule has 1 heterocycles. The first kappa shape index (κ1) is 10.5. The third-order valence-electron chi connectivity index (χ3n) is 1.17. The molecule has 0 saturated carbocycles. The van der Waals surface area contributed by atoms with Crippen LogP contribution in [0.3, 0.4) is 0 Å². The molecule has 0 aromatic heterocycles. The lowest BCUT2D eigenvalue weighted by molar-refractivity contribution is 0.687. The van der Waals surface area contributed by atoms with Crippen LogP contribution in [0, 0.1) is 0 Å². The summed E-state index contributed by atoms with van der Waals surface area (Å²) in [7, 11) is 1.07. The van der Waals surface area contributed by atoms with Crippen LogP contribution >= 0.6 is 10.8 Å². The fraction of sp³-hybridized carbons (Fsp3) is 1.00. The fourth-order valence-corrected chi connectivity index (χ4v) is 3.39. The van der Waals surface area contributed by atoms with Crippen LogP contribution in [0.15, 0.2) is 0 Å². The predicted octanol–water partition coefficient (Wildman–Crippen LogP) is 2.59. The molecule has 0 N–H and O–H groups in total. The van der Waals surface area contributed by atoms with Crippen molar-refractivity contribution in [2.45, 2.75) is 33.1 Å². The van der Waals surface area contributed by atoms with E-state index >= 15 is 0 Å². The molecule has 1 aliphatic rings. The molecule has 0 aliphatic carbocycles. The Balaban J connectivity index is 0.000000371. The maximum atomic E-state index is 10.8. The molecule has 1 nitrogen and oxygen atoms in total. The van der Waals surface area contributed by atoms with E-state index in [2.05, 4.69) is 0 Å². The third kappa shape index (κ3) is 5.30. The van der Waals surface area contributed by atoms with Crippen LogP contribution in [-0.4, -0.2) is 15.7 Å². The summed E-state index contributed by atoms with van der Waals surface area (Å²) in [5.41, 5.74) is 0. The molecule has 10 heavy (non-hydrogen) atoms. The average molecular weight is 180 g/mol. The van der Waals surface area contributed by atoms with E-state index in [1.807, 2.05) is 13.8 Å². The first-order chi connectivity index (χ1) is 4.89. The molecule has 62 valence electrons. The molecule has 1 aliphatic heterocycles. The highest BCUT2D eigenvalue weighted by molar-refractivity contribution is 8.69. The van der Waals surface area contributed by atoms with Gasteiger partial charge in [-0.05, 0) is 12.8 Å². The van der Waals surface area contributed by atoms with E-state index in [9.17, 15) is 4.21 Å². The molecule has 0 spiro atoms. The Morgan fingerprint density at radius 1 is 1.20 bits per heavy atom. The molecule has 0 aromatic rings. The Kier molecular flexibility index (Phi) is 7.99. The first-order valence-electron chi connectivity index (χ1n) is 3.91. The van der Waals surface area contributed by atoms with E-state index in [0.717, 1.165) is 11.5 Å². The topological polar surface area (TPSA) is 17.1 Å². The summed E-state index contributed by atoms with van der Waals surface area (Å²) in [6, 6.07) is 0. The second-order valence-corrected chi connectivity index (χ2v) is 5.37. The maximum absolute atomic E-state index is 10.8. The van der Waals surface area contributed by atoms with Crippen LogP contribution in [0.4, 0.5) is 0 Å². The molecule has 3 heteroatoms. The van der Waals surface area contributed by atoms with Crippen molar-refractivity contribution in [3.8, 4) is 0 Å². The molecule has 1 unspecified atom stereocenters. The lowest BCUT2D eigenvalue weighted by atomic mass is 10.3. The van der Waals surface area contributed by atoms with Crippen molar-refractivity contribution in [1.29, 1.82) is 0 Å². The maximum Gasteiger partial charge on any atom is 0.0803 e. The van der Waals surface area contributed by atoms with Crippen molar-refractivity contribution in [2.75, 3.05) is 11.5 Å². The van der Waals surface area contributed by atoms with E-state index in [0.29, 0.717) is 0 Å². The van der Waals surface area contributed by atoms with Gasteiger partial charge in [0.05, 0.1) is 9.83 Å². The van der Waals surface area contributed by atoms with Crippen molar-refractivity contribution in [3.05, 3.63) is 0 Å². The van der Waals surface area contributed by atoms with E-state index in [1.165, 1.54) is 19.3 Å². The summed E-state index contributed by atoms with van der Waals surface area (Å²) in [6.45, 7) is 4.00. The summed E-state index contributed by atoms with van der Waals surface area (Å²) >= 11 is 0. The van der Waals surface area contributed by atoms with Crippen molar-refractivity contribution < 1.29 is 4.21 Å². The minimum Gasteiger partial charge on any atom is -0.248 e. The van der Waals surface area contributed by atoms with Gasteiger partial charge in [-0.3, -0.25) is 0 Å². The van der Waals surface area contributed by atoms with Crippen LogP contribution in [0.1, 0.15) is 33.1 Å². The van der Waals surface area contributed by atoms with Crippen LogP contribution < -0.4 is 0 Å². The van der Waals surface area contributed by atoms with Crippen LogP contribution in [0.25, 0.3) is 0 Å². The van der Waals surface area contributed by atoms with E-state index < -0.39 is 9.83 Å². The van der Waals surface area contributed by atoms with Crippen LogP contribution in [0.2, 0.25) is 0 Å². The van der Waals surface area contributed by atoms with Crippen molar-refractivity contribution in [2.24, 2.45) is 0 Å². The summed E-state index contributed by atoms with van der Waals surface area (Å²) in [5.74, 6) is 2.03. The van der Waals surface area contributed by atoms with Crippen molar-refractivity contribution in [1.82, 2.24) is 0 Å². The monoisotopic (exact) mass is 180 g/mol. The van der Waals surface area contributed by atoms with Crippen LogP contribution in [-0.2, 0) is 9.83 Å². The van der Waals surface area contributed by atoms with E-state index in [4.69, 9.17) is 0 Å². The van der Waals surface area contributed by atoms with Crippen molar-refractivity contribution >= 4 is 20.6 Å². The van der Waals surface area contributed by atoms with Gasteiger partial charge in [-0.25, -0.2) is 4.21 Å². The zero-order valence-corrected chi connectivity index (χ0v) is 8.39. The highest BCUT2D eigenvalue weighted by Gasteiger charge is 2.04. The van der Waals surface area contributed by atoms with Crippen molar-refractivity contribution in [3.63, 3.8) is 0 Å². The smallest absolute Gasteiger partial charge is 0.0803 e. The number of hydrogen-bond donors (Lipinski definition) is 0. The Morgan fingerprint density at radius 3 is 2.60 bits per heavy atom. The predicted molar refractivity (Wildman–Crippen MR) is 50.7 cm³/mol. The van der Waals surface area contributed by atoms with Gasteiger partial charge in [0.2, 0.25) is 0 Å². The summed E-state index contributed by atoms with van der Waals surface area (Å²) in [6.07, 6.45) is 3.70. The molecule has 1 fully saturated rings. The first-order valence-corrected chi connectivity index (χ1v) is 6.73. The SMILES string of the molecule is CC.O=S1CCCCCS1. The third-order valence-corrected chi connectivity index (χ3v) is 4.30. The van der Waals surface area contributed by atoms with Crippen LogP contribution in [0.5, 0.6) is 0 Å². The van der Waals surface area contributed by atoms with Gasteiger partial charge in [-0.15, -0.1) is 0 Å². The zero-order valence-electron chi connectivity index (χ0n) is 6.76. The largest absolute Gasteiger partial charge is 0.248 e. The average Bonchev–Trinajstić information content (AvgIpc) is 2.21. The van der Waals surface area contributed by atoms with Gasteiger partial charge in [0.1, 0.15) is 0 Å².